The molecule has 1 aromatic carbocycles. The van der Waals surface area contributed by atoms with Gasteiger partial charge in [0.25, 0.3) is 5.69 Å². The number of nitro groups is 1. The van der Waals surface area contributed by atoms with Crippen molar-refractivity contribution in [2.75, 3.05) is 19.8 Å². The zero-order valence-electron chi connectivity index (χ0n) is 17.6. The minimum atomic E-state index is -3.90. The molecule has 0 aliphatic carbocycles. The Morgan fingerprint density at radius 3 is 2.07 bits per heavy atom. The molecule has 0 aliphatic heterocycles. The summed E-state index contributed by atoms with van der Waals surface area (Å²) in [5.41, 5.74) is -0.419. The number of hydrogen-bond donors (Lipinski definition) is 1. The fraction of sp³-hybridized carbons (Fsp3) is 0.714. The summed E-state index contributed by atoms with van der Waals surface area (Å²) in [6, 6.07) is 5.34. The highest BCUT2D eigenvalue weighted by Crippen LogP contribution is 2.22. The van der Waals surface area contributed by atoms with Crippen LogP contribution in [0.15, 0.2) is 29.2 Å². The highest BCUT2D eigenvalue weighted by molar-refractivity contribution is 7.89. The average molecular weight is 429 g/mol. The molecule has 0 fully saturated rings. The Hall–Kier alpha value is -1.51. The molecule has 0 bridgehead atoms. The number of benzene rings is 1. The van der Waals surface area contributed by atoms with E-state index in [1.165, 1.54) is 82.1 Å². The molecule has 29 heavy (non-hydrogen) atoms. The molecule has 166 valence electrons. The number of unbranched alkanes of at least 4 members (excludes halogenated alkanes) is 9. The highest BCUT2D eigenvalue weighted by atomic mass is 32.2. The van der Waals surface area contributed by atoms with Crippen molar-refractivity contribution >= 4 is 15.7 Å². The van der Waals surface area contributed by atoms with E-state index in [0.717, 1.165) is 6.42 Å². The predicted octanol–water partition coefficient (Wildman–Crippen LogP) is 5.20. The number of para-hydroxylation sites is 1. The summed E-state index contributed by atoms with van der Waals surface area (Å²) in [4.78, 5) is 9.98. The molecule has 0 aliphatic rings. The van der Waals surface area contributed by atoms with Gasteiger partial charge in [-0.15, -0.1) is 0 Å². The summed E-state index contributed by atoms with van der Waals surface area (Å²) in [6.45, 7) is 3.58. The minimum Gasteiger partial charge on any atom is -0.381 e. The molecule has 0 spiro atoms. The molecule has 0 aromatic heterocycles. The molecule has 0 radical (unpaired) electrons. The second-order valence-electron chi connectivity index (χ2n) is 7.27. The zero-order valence-corrected chi connectivity index (χ0v) is 18.4. The van der Waals surface area contributed by atoms with Gasteiger partial charge >= 0.3 is 0 Å². The summed E-state index contributed by atoms with van der Waals surface area (Å²) in [5.74, 6) is 0. The van der Waals surface area contributed by atoms with Crippen molar-refractivity contribution in [1.29, 1.82) is 0 Å². The molecule has 0 heterocycles. The van der Waals surface area contributed by atoms with Crippen LogP contribution in [0.1, 0.15) is 77.6 Å². The van der Waals surface area contributed by atoms with Crippen molar-refractivity contribution in [3.8, 4) is 0 Å². The third kappa shape index (κ3) is 11.3. The van der Waals surface area contributed by atoms with Crippen molar-refractivity contribution in [3.63, 3.8) is 0 Å². The summed E-state index contributed by atoms with van der Waals surface area (Å²) in [7, 11) is -3.90. The highest BCUT2D eigenvalue weighted by Gasteiger charge is 2.24. The van der Waals surface area contributed by atoms with Gasteiger partial charge in [0.05, 0.1) is 4.92 Å². The topological polar surface area (TPSA) is 98.5 Å². The van der Waals surface area contributed by atoms with E-state index in [0.29, 0.717) is 19.6 Å². The third-order valence-corrected chi connectivity index (χ3v) is 6.26. The Morgan fingerprint density at radius 1 is 0.897 bits per heavy atom. The number of nitrogens with one attached hydrogen (secondary N) is 1. The normalized spacial score (nSPS) is 11.6. The molecule has 8 heteroatoms. The quantitative estimate of drug-likeness (QED) is 0.197. The van der Waals surface area contributed by atoms with Gasteiger partial charge in [0.2, 0.25) is 10.0 Å². The first-order valence-corrected chi connectivity index (χ1v) is 12.3. The molecule has 1 rings (SSSR count). The van der Waals surface area contributed by atoms with Gasteiger partial charge in [-0.05, 0) is 18.9 Å². The Kier molecular flexibility index (Phi) is 13.5. The lowest BCUT2D eigenvalue weighted by Gasteiger charge is -2.08. The van der Waals surface area contributed by atoms with E-state index in [9.17, 15) is 18.5 Å². The molecule has 0 atom stereocenters. The van der Waals surface area contributed by atoms with Crippen molar-refractivity contribution in [3.05, 3.63) is 34.4 Å². The van der Waals surface area contributed by atoms with E-state index in [1.54, 1.807) is 0 Å². The first kappa shape index (κ1) is 25.5. The molecule has 7 nitrogen and oxygen atoms in total. The van der Waals surface area contributed by atoms with Crippen LogP contribution in [0.2, 0.25) is 0 Å². The standard InChI is InChI=1S/C21H36N2O5S/c1-2-3-4-5-6-7-8-9-10-13-18-28-19-14-17-22-29(26,27)21-16-12-11-15-20(21)23(24)25/h11-12,15-16,22H,2-10,13-14,17-19H2,1H3. The Balaban J connectivity index is 2.04. The van der Waals surface area contributed by atoms with Gasteiger partial charge in [0.1, 0.15) is 0 Å². The van der Waals surface area contributed by atoms with E-state index < -0.39 is 20.6 Å². The third-order valence-electron chi connectivity index (χ3n) is 4.75. The average Bonchev–Trinajstić information content (AvgIpc) is 2.70. The van der Waals surface area contributed by atoms with Crippen molar-refractivity contribution < 1.29 is 18.1 Å². The van der Waals surface area contributed by atoms with Crippen LogP contribution < -0.4 is 4.72 Å². The van der Waals surface area contributed by atoms with Crippen LogP contribution in [0.3, 0.4) is 0 Å². The summed E-state index contributed by atoms with van der Waals surface area (Å²) in [6.07, 6.45) is 13.3. The Labute approximate surface area is 175 Å². The maximum Gasteiger partial charge on any atom is 0.289 e. The van der Waals surface area contributed by atoms with E-state index in [4.69, 9.17) is 4.74 Å². The first-order chi connectivity index (χ1) is 14.0. The Bertz CT molecular complexity index is 679. The number of hydrogen-bond acceptors (Lipinski definition) is 5. The predicted molar refractivity (Wildman–Crippen MR) is 116 cm³/mol. The zero-order chi connectivity index (χ0) is 21.4. The van der Waals surface area contributed by atoms with Gasteiger partial charge in [-0.25, -0.2) is 13.1 Å². The van der Waals surface area contributed by atoms with E-state index in [1.807, 2.05) is 0 Å². The van der Waals surface area contributed by atoms with Gasteiger partial charge in [-0.3, -0.25) is 10.1 Å². The Morgan fingerprint density at radius 2 is 1.45 bits per heavy atom. The lowest BCUT2D eigenvalue weighted by atomic mass is 10.1. The minimum absolute atomic E-state index is 0.187. The lowest BCUT2D eigenvalue weighted by Crippen LogP contribution is -2.26. The van der Waals surface area contributed by atoms with Crippen LogP contribution in [0.5, 0.6) is 0 Å². The van der Waals surface area contributed by atoms with Crippen LogP contribution in [-0.4, -0.2) is 33.1 Å². The van der Waals surface area contributed by atoms with Crippen molar-refractivity contribution in [1.82, 2.24) is 4.72 Å². The largest absolute Gasteiger partial charge is 0.381 e. The van der Waals surface area contributed by atoms with Gasteiger partial charge in [0, 0.05) is 25.8 Å². The number of nitrogens with zero attached hydrogens (tertiary/aromatic N) is 1. The SMILES string of the molecule is CCCCCCCCCCCCOCCCNS(=O)(=O)c1ccccc1[N+](=O)[O-]. The monoisotopic (exact) mass is 428 g/mol. The van der Waals surface area contributed by atoms with Crippen LogP contribution in [-0.2, 0) is 14.8 Å². The van der Waals surface area contributed by atoms with E-state index in [2.05, 4.69) is 11.6 Å². The summed E-state index contributed by atoms with van der Waals surface area (Å²) < 4.78 is 32.4. The number of nitro benzene ring substituents is 1. The summed E-state index contributed by atoms with van der Waals surface area (Å²) in [5, 5.41) is 11.0. The van der Waals surface area contributed by atoms with Crippen molar-refractivity contribution in [2.45, 2.75) is 82.4 Å². The fourth-order valence-corrected chi connectivity index (χ4v) is 4.33. The van der Waals surface area contributed by atoms with Gasteiger partial charge < -0.3 is 4.74 Å². The van der Waals surface area contributed by atoms with E-state index >= 15 is 0 Å². The fourth-order valence-electron chi connectivity index (χ4n) is 3.09. The van der Waals surface area contributed by atoms with Crippen LogP contribution in [0.25, 0.3) is 0 Å². The second kappa shape index (κ2) is 15.3. The lowest BCUT2D eigenvalue weighted by molar-refractivity contribution is -0.387. The molecular formula is C21H36N2O5S. The number of rotatable bonds is 18. The maximum atomic E-state index is 12.2. The molecule has 0 unspecified atom stereocenters. The van der Waals surface area contributed by atoms with Gasteiger partial charge in [-0.1, -0.05) is 76.8 Å². The van der Waals surface area contributed by atoms with Crippen LogP contribution in [0.4, 0.5) is 5.69 Å². The second-order valence-corrected chi connectivity index (χ2v) is 9.01. The molecule has 0 saturated heterocycles. The smallest absolute Gasteiger partial charge is 0.289 e. The van der Waals surface area contributed by atoms with Gasteiger partial charge in [-0.2, -0.15) is 0 Å². The number of sulfonamides is 1. The van der Waals surface area contributed by atoms with Crippen molar-refractivity contribution in [2.24, 2.45) is 0 Å². The van der Waals surface area contributed by atoms with Crippen LogP contribution >= 0.6 is 0 Å². The molecule has 1 aromatic rings. The summed E-state index contributed by atoms with van der Waals surface area (Å²) >= 11 is 0. The molecule has 0 amide bonds. The first-order valence-electron chi connectivity index (χ1n) is 10.8. The molecular weight excluding hydrogens is 392 g/mol. The van der Waals surface area contributed by atoms with Crippen LogP contribution in [0, 0.1) is 10.1 Å². The van der Waals surface area contributed by atoms with Gasteiger partial charge in [0.15, 0.2) is 4.90 Å². The molecule has 0 saturated carbocycles. The molecule has 1 N–H and O–H groups in total. The maximum absolute atomic E-state index is 12.2. The number of ether oxygens (including phenoxy) is 1. The van der Waals surface area contributed by atoms with E-state index in [-0.39, 0.29) is 11.4 Å².